The van der Waals surface area contributed by atoms with E-state index >= 15 is 0 Å². The molecule has 0 amide bonds. The standard InChI is InChI=1S/C16H17N3O3/c1-12-10-19(11-17-12)7-3-2-5-14(20)13-9-16(22-18-13)15-6-4-8-21-15/h4,6,8-11H,2-3,5,7H2,1H3. The fourth-order valence-electron chi connectivity index (χ4n) is 2.24. The first-order valence-electron chi connectivity index (χ1n) is 7.24. The number of carbonyl (C=O) groups excluding carboxylic acids is 1. The van der Waals surface area contributed by atoms with Crippen LogP contribution in [0.15, 0.2) is 45.9 Å². The number of ketones is 1. The van der Waals surface area contributed by atoms with Crippen LogP contribution in [0.4, 0.5) is 0 Å². The highest BCUT2D eigenvalue weighted by Gasteiger charge is 2.14. The Kier molecular flexibility index (Phi) is 4.18. The van der Waals surface area contributed by atoms with Gasteiger partial charge in [-0.25, -0.2) is 4.98 Å². The molecule has 0 fully saturated rings. The second-order valence-electron chi connectivity index (χ2n) is 5.19. The van der Waals surface area contributed by atoms with Gasteiger partial charge in [0.25, 0.3) is 0 Å². The first-order valence-corrected chi connectivity index (χ1v) is 7.24. The van der Waals surface area contributed by atoms with Crippen LogP contribution < -0.4 is 0 Å². The van der Waals surface area contributed by atoms with Gasteiger partial charge in [0, 0.05) is 25.2 Å². The summed E-state index contributed by atoms with van der Waals surface area (Å²) < 4.78 is 12.4. The predicted octanol–water partition coefficient (Wildman–Crippen LogP) is 3.49. The zero-order valence-corrected chi connectivity index (χ0v) is 12.4. The molecule has 6 heteroatoms. The van der Waals surface area contributed by atoms with Crippen LogP contribution in [-0.2, 0) is 6.54 Å². The normalized spacial score (nSPS) is 11.0. The van der Waals surface area contributed by atoms with Gasteiger partial charge in [0.15, 0.2) is 11.5 Å². The van der Waals surface area contributed by atoms with Gasteiger partial charge in [-0.3, -0.25) is 4.79 Å². The van der Waals surface area contributed by atoms with Gasteiger partial charge in [-0.1, -0.05) is 5.16 Å². The maximum absolute atomic E-state index is 12.1. The zero-order chi connectivity index (χ0) is 15.4. The number of rotatable bonds is 7. The summed E-state index contributed by atoms with van der Waals surface area (Å²) in [7, 11) is 0. The summed E-state index contributed by atoms with van der Waals surface area (Å²) in [5, 5.41) is 3.81. The predicted molar refractivity (Wildman–Crippen MR) is 79.4 cm³/mol. The van der Waals surface area contributed by atoms with Gasteiger partial charge in [-0.2, -0.15) is 0 Å². The van der Waals surface area contributed by atoms with E-state index in [1.807, 2.05) is 24.0 Å². The van der Waals surface area contributed by atoms with Gasteiger partial charge in [0.05, 0.1) is 18.3 Å². The van der Waals surface area contributed by atoms with E-state index in [1.54, 1.807) is 24.5 Å². The van der Waals surface area contributed by atoms with Gasteiger partial charge in [-0.15, -0.1) is 0 Å². The Hall–Kier alpha value is -2.63. The molecule has 3 rings (SSSR count). The smallest absolute Gasteiger partial charge is 0.202 e. The molecule has 3 heterocycles. The number of carbonyl (C=O) groups is 1. The Morgan fingerprint density at radius 2 is 2.23 bits per heavy atom. The molecule has 0 bridgehead atoms. The summed E-state index contributed by atoms with van der Waals surface area (Å²) in [6.07, 6.45) is 7.54. The van der Waals surface area contributed by atoms with E-state index < -0.39 is 0 Å². The Morgan fingerprint density at radius 3 is 2.95 bits per heavy atom. The van der Waals surface area contributed by atoms with Crippen molar-refractivity contribution in [2.75, 3.05) is 0 Å². The van der Waals surface area contributed by atoms with Crippen molar-refractivity contribution in [3.63, 3.8) is 0 Å². The fourth-order valence-corrected chi connectivity index (χ4v) is 2.24. The summed E-state index contributed by atoms with van der Waals surface area (Å²) in [5.41, 5.74) is 1.36. The minimum Gasteiger partial charge on any atom is -0.461 e. The number of unbranched alkanes of at least 4 members (excludes halogenated alkanes) is 1. The number of aromatic nitrogens is 3. The lowest BCUT2D eigenvalue weighted by Crippen LogP contribution is -2.01. The topological polar surface area (TPSA) is 74.1 Å². The lowest BCUT2D eigenvalue weighted by Gasteiger charge is -2.00. The molecule has 0 aliphatic heterocycles. The zero-order valence-electron chi connectivity index (χ0n) is 12.4. The van der Waals surface area contributed by atoms with Crippen molar-refractivity contribution >= 4 is 5.78 Å². The highest BCUT2D eigenvalue weighted by Crippen LogP contribution is 2.21. The molecule has 0 radical (unpaired) electrons. The molecule has 0 N–H and O–H groups in total. The molecule has 22 heavy (non-hydrogen) atoms. The van der Waals surface area contributed by atoms with Gasteiger partial charge < -0.3 is 13.5 Å². The minimum absolute atomic E-state index is 0.0108. The third kappa shape index (κ3) is 3.33. The molecular formula is C16H17N3O3. The summed E-state index contributed by atoms with van der Waals surface area (Å²) in [5.74, 6) is 1.03. The van der Waals surface area contributed by atoms with E-state index in [1.165, 1.54) is 0 Å². The minimum atomic E-state index is -0.0108. The average molecular weight is 299 g/mol. The van der Waals surface area contributed by atoms with Crippen molar-refractivity contribution in [1.29, 1.82) is 0 Å². The van der Waals surface area contributed by atoms with Crippen LogP contribution in [0.25, 0.3) is 11.5 Å². The molecule has 0 aliphatic rings. The molecular weight excluding hydrogens is 282 g/mol. The molecule has 3 aromatic rings. The largest absolute Gasteiger partial charge is 0.461 e. The number of imidazole rings is 1. The molecule has 114 valence electrons. The van der Waals surface area contributed by atoms with Gasteiger partial charge in [-0.05, 0) is 31.9 Å². The molecule has 0 atom stereocenters. The summed E-state index contributed by atoms with van der Waals surface area (Å²) >= 11 is 0. The number of hydrogen-bond acceptors (Lipinski definition) is 5. The van der Waals surface area contributed by atoms with E-state index in [4.69, 9.17) is 8.94 Å². The van der Waals surface area contributed by atoms with E-state index in [-0.39, 0.29) is 5.78 Å². The Balaban J connectivity index is 1.48. The Morgan fingerprint density at radius 1 is 1.32 bits per heavy atom. The van der Waals surface area contributed by atoms with Gasteiger partial charge in [0.2, 0.25) is 5.76 Å². The van der Waals surface area contributed by atoms with Crippen LogP contribution in [0.1, 0.15) is 35.4 Å². The molecule has 0 saturated heterocycles. The average Bonchev–Trinajstić information content (AvgIpc) is 3.23. The van der Waals surface area contributed by atoms with Crippen LogP contribution in [0, 0.1) is 6.92 Å². The summed E-state index contributed by atoms with van der Waals surface area (Å²) in [6.45, 7) is 2.83. The molecule has 0 aliphatic carbocycles. The summed E-state index contributed by atoms with van der Waals surface area (Å²) in [6, 6.07) is 5.15. The van der Waals surface area contributed by atoms with E-state index in [2.05, 4.69) is 10.1 Å². The van der Waals surface area contributed by atoms with Crippen molar-refractivity contribution in [3.8, 4) is 11.5 Å². The van der Waals surface area contributed by atoms with E-state index in [9.17, 15) is 4.79 Å². The third-order valence-electron chi connectivity index (χ3n) is 3.39. The summed E-state index contributed by atoms with van der Waals surface area (Å²) in [4.78, 5) is 16.2. The Labute approximate surface area is 127 Å². The molecule has 6 nitrogen and oxygen atoms in total. The van der Waals surface area contributed by atoms with Crippen molar-refractivity contribution < 1.29 is 13.7 Å². The molecule has 0 aromatic carbocycles. The van der Waals surface area contributed by atoms with Gasteiger partial charge >= 0.3 is 0 Å². The van der Waals surface area contributed by atoms with E-state index in [0.29, 0.717) is 23.6 Å². The van der Waals surface area contributed by atoms with Crippen LogP contribution in [0.5, 0.6) is 0 Å². The monoisotopic (exact) mass is 299 g/mol. The maximum Gasteiger partial charge on any atom is 0.202 e. The van der Waals surface area contributed by atoms with Crippen LogP contribution in [0.3, 0.4) is 0 Å². The Bertz CT molecular complexity index is 740. The lowest BCUT2D eigenvalue weighted by atomic mass is 10.1. The molecule has 3 aromatic heterocycles. The highest BCUT2D eigenvalue weighted by atomic mass is 16.5. The quantitative estimate of drug-likeness (QED) is 0.493. The van der Waals surface area contributed by atoms with Crippen molar-refractivity contribution in [3.05, 3.63) is 48.4 Å². The van der Waals surface area contributed by atoms with Gasteiger partial charge in [0.1, 0.15) is 5.69 Å². The number of aryl methyl sites for hydroxylation is 2. The van der Waals surface area contributed by atoms with Crippen LogP contribution in [-0.4, -0.2) is 20.5 Å². The van der Waals surface area contributed by atoms with Crippen LogP contribution in [0.2, 0.25) is 0 Å². The number of nitrogens with zero attached hydrogens (tertiary/aromatic N) is 3. The first-order chi connectivity index (χ1) is 10.7. The SMILES string of the molecule is Cc1cn(CCCCC(=O)c2cc(-c3ccco3)on2)cn1. The van der Waals surface area contributed by atoms with Crippen LogP contribution >= 0.6 is 0 Å². The molecule has 0 unspecified atom stereocenters. The number of Topliss-reactive ketones (excluding diaryl/α,β-unsaturated/α-hetero) is 1. The first kappa shape index (κ1) is 14.3. The third-order valence-corrected chi connectivity index (χ3v) is 3.39. The number of hydrogen-bond donors (Lipinski definition) is 0. The number of furan rings is 1. The molecule has 0 spiro atoms. The fraction of sp³-hybridized carbons (Fsp3) is 0.312. The van der Waals surface area contributed by atoms with Crippen molar-refractivity contribution in [2.45, 2.75) is 32.7 Å². The van der Waals surface area contributed by atoms with E-state index in [0.717, 1.165) is 25.1 Å². The van der Waals surface area contributed by atoms with Crippen molar-refractivity contribution in [2.24, 2.45) is 0 Å². The maximum atomic E-state index is 12.1. The molecule has 0 saturated carbocycles. The second kappa shape index (κ2) is 6.43. The lowest BCUT2D eigenvalue weighted by molar-refractivity contribution is 0.0970. The highest BCUT2D eigenvalue weighted by molar-refractivity contribution is 5.94. The second-order valence-corrected chi connectivity index (χ2v) is 5.19. The van der Waals surface area contributed by atoms with Crippen molar-refractivity contribution in [1.82, 2.24) is 14.7 Å².